The van der Waals surface area contributed by atoms with Gasteiger partial charge >= 0.3 is 0 Å². The van der Waals surface area contributed by atoms with E-state index in [2.05, 4.69) is 39.0 Å². The van der Waals surface area contributed by atoms with Gasteiger partial charge in [-0.1, -0.05) is 36.3 Å². The van der Waals surface area contributed by atoms with Crippen LogP contribution in [0.5, 0.6) is 0 Å². The first-order valence-corrected chi connectivity index (χ1v) is 5.61. The lowest BCUT2D eigenvalue weighted by molar-refractivity contribution is 0.228. The molecule has 0 fully saturated rings. The van der Waals surface area contributed by atoms with Crippen LogP contribution in [0.2, 0.25) is 0 Å². The van der Waals surface area contributed by atoms with Crippen molar-refractivity contribution in [3.05, 3.63) is 34.9 Å². The summed E-state index contributed by atoms with van der Waals surface area (Å²) >= 11 is 0. The molecule has 0 unspecified atom stereocenters. The molecule has 0 aromatic carbocycles. The Morgan fingerprint density at radius 1 is 1.27 bits per heavy atom. The summed E-state index contributed by atoms with van der Waals surface area (Å²) < 4.78 is 5.15. The molecule has 0 atom stereocenters. The van der Waals surface area contributed by atoms with E-state index in [1.54, 1.807) is 7.11 Å². The topological polar surface area (TPSA) is 9.23 Å². The van der Waals surface area contributed by atoms with Crippen molar-refractivity contribution in [1.82, 2.24) is 0 Å². The number of ether oxygens (including phenoxy) is 1. The molecular weight excluding hydrogens is 184 g/mol. The number of allylic oxidation sites excluding steroid dienone is 4. The van der Waals surface area contributed by atoms with Gasteiger partial charge in [-0.15, -0.1) is 0 Å². The normalized spacial score (nSPS) is 12.2. The second-order valence-electron chi connectivity index (χ2n) is 3.87. The van der Waals surface area contributed by atoms with Crippen molar-refractivity contribution in [3.8, 4) is 0 Å². The van der Waals surface area contributed by atoms with Crippen molar-refractivity contribution < 1.29 is 4.74 Å². The molecule has 0 amide bonds. The Morgan fingerprint density at radius 3 is 2.33 bits per heavy atom. The summed E-state index contributed by atoms with van der Waals surface area (Å²) in [5, 5.41) is 0. The standard InChI is InChI=1S/C14H24O/c1-6-8-13(11-15-5)9-10-14(7-2)12(3)4/h6,8-9H,7,10-11H2,1-5H3/b8-6-,13-9?. The number of hydrogen-bond donors (Lipinski definition) is 0. The molecule has 0 saturated carbocycles. The van der Waals surface area contributed by atoms with E-state index in [0.717, 1.165) is 12.8 Å². The van der Waals surface area contributed by atoms with E-state index >= 15 is 0 Å². The number of rotatable bonds is 6. The van der Waals surface area contributed by atoms with Crippen LogP contribution in [0.25, 0.3) is 0 Å². The fraction of sp³-hybridized carbons (Fsp3) is 0.571. The smallest absolute Gasteiger partial charge is 0.0710 e. The van der Waals surface area contributed by atoms with Gasteiger partial charge < -0.3 is 4.74 Å². The number of methoxy groups -OCH3 is 1. The molecule has 1 heteroatoms. The largest absolute Gasteiger partial charge is 0.380 e. The van der Waals surface area contributed by atoms with Gasteiger partial charge in [-0.2, -0.15) is 0 Å². The van der Waals surface area contributed by atoms with Gasteiger partial charge in [0, 0.05) is 7.11 Å². The molecular formula is C14H24O. The van der Waals surface area contributed by atoms with Gasteiger partial charge in [0.1, 0.15) is 0 Å². The van der Waals surface area contributed by atoms with Gasteiger partial charge in [0.05, 0.1) is 6.61 Å². The predicted octanol–water partition coefficient (Wildman–Crippen LogP) is 4.27. The summed E-state index contributed by atoms with van der Waals surface area (Å²) in [5.41, 5.74) is 4.21. The molecule has 0 N–H and O–H groups in total. The molecule has 0 spiro atoms. The first-order chi connectivity index (χ1) is 7.15. The van der Waals surface area contributed by atoms with Crippen LogP contribution in [0, 0.1) is 0 Å². The van der Waals surface area contributed by atoms with Gasteiger partial charge in [-0.05, 0) is 39.2 Å². The van der Waals surface area contributed by atoms with E-state index in [1.807, 2.05) is 6.92 Å². The van der Waals surface area contributed by atoms with Crippen molar-refractivity contribution in [2.24, 2.45) is 0 Å². The molecule has 15 heavy (non-hydrogen) atoms. The minimum Gasteiger partial charge on any atom is -0.380 e. The van der Waals surface area contributed by atoms with Crippen molar-refractivity contribution >= 4 is 0 Å². The minimum atomic E-state index is 0.699. The van der Waals surface area contributed by atoms with Crippen molar-refractivity contribution in [3.63, 3.8) is 0 Å². The molecule has 0 aromatic heterocycles. The summed E-state index contributed by atoms with van der Waals surface area (Å²) in [4.78, 5) is 0. The Hall–Kier alpha value is -0.820. The Morgan fingerprint density at radius 2 is 1.93 bits per heavy atom. The van der Waals surface area contributed by atoms with Gasteiger partial charge in [0.15, 0.2) is 0 Å². The van der Waals surface area contributed by atoms with E-state index in [-0.39, 0.29) is 0 Å². The first-order valence-electron chi connectivity index (χ1n) is 5.61. The Labute approximate surface area is 94.5 Å². The molecule has 0 aliphatic carbocycles. The molecule has 0 aliphatic heterocycles. The van der Waals surface area contributed by atoms with Crippen LogP contribution < -0.4 is 0 Å². The fourth-order valence-corrected chi connectivity index (χ4v) is 1.51. The lowest BCUT2D eigenvalue weighted by Crippen LogP contribution is -1.92. The molecule has 0 rings (SSSR count). The van der Waals surface area contributed by atoms with E-state index in [9.17, 15) is 0 Å². The summed E-state index contributed by atoms with van der Waals surface area (Å²) in [7, 11) is 1.74. The van der Waals surface area contributed by atoms with Crippen LogP contribution in [0.4, 0.5) is 0 Å². The monoisotopic (exact) mass is 208 g/mol. The van der Waals surface area contributed by atoms with Crippen LogP contribution in [-0.2, 0) is 4.74 Å². The Bertz CT molecular complexity index is 253. The third-order valence-electron chi connectivity index (χ3n) is 2.44. The molecule has 0 aliphatic rings. The average Bonchev–Trinajstić information content (AvgIpc) is 2.18. The van der Waals surface area contributed by atoms with E-state index in [1.165, 1.54) is 16.7 Å². The zero-order valence-corrected chi connectivity index (χ0v) is 10.8. The third-order valence-corrected chi connectivity index (χ3v) is 2.44. The highest BCUT2D eigenvalue weighted by Gasteiger charge is 1.96. The average molecular weight is 208 g/mol. The zero-order chi connectivity index (χ0) is 11.7. The molecule has 0 heterocycles. The van der Waals surface area contributed by atoms with E-state index in [0.29, 0.717) is 6.61 Å². The minimum absolute atomic E-state index is 0.699. The Balaban J connectivity index is 4.50. The SMILES string of the molecule is C/C=C\C(=CCC(CC)=C(C)C)COC. The molecule has 86 valence electrons. The molecule has 0 saturated heterocycles. The second-order valence-corrected chi connectivity index (χ2v) is 3.87. The lowest BCUT2D eigenvalue weighted by Gasteiger charge is -2.05. The molecule has 1 nitrogen and oxygen atoms in total. The lowest BCUT2D eigenvalue weighted by atomic mass is 10.0. The van der Waals surface area contributed by atoms with E-state index in [4.69, 9.17) is 4.74 Å². The maximum Gasteiger partial charge on any atom is 0.0710 e. The van der Waals surface area contributed by atoms with Gasteiger partial charge in [0.25, 0.3) is 0 Å². The summed E-state index contributed by atoms with van der Waals surface area (Å²) in [5.74, 6) is 0. The maximum atomic E-state index is 5.15. The third kappa shape index (κ3) is 6.29. The second kappa shape index (κ2) is 8.49. The quantitative estimate of drug-likeness (QED) is 0.468. The van der Waals surface area contributed by atoms with Crippen LogP contribution >= 0.6 is 0 Å². The van der Waals surface area contributed by atoms with Crippen molar-refractivity contribution in [1.29, 1.82) is 0 Å². The van der Waals surface area contributed by atoms with Crippen molar-refractivity contribution in [2.45, 2.75) is 40.5 Å². The maximum absolute atomic E-state index is 5.15. The predicted molar refractivity (Wildman–Crippen MR) is 68.1 cm³/mol. The summed E-state index contributed by atoms with van der Waals surface area (Å²) in [6.07, 6.45) is 8.60. The van der Waals surface area contributed by atoms with Gasteiger partial charge in [0.2, 0.25) is 0 Å². The highest BCUT2D eigenvalue weighted by molar-refractivity contribution is 5.23. The summed E-state index contributed by atoms with van der Waals surface area (Å²) in [6, 6.07) is 0. The molecule has 0 bridgehead atoms. The Kier molecular flexibility index (Phi) is 8.02. The van der Waals surface area contributed by atoms with Crippen LogP contribution in [0.3, 0.4) is 0 Å². The van der Waals surface area contributed by atoms with Gasteiger partial charge in [-0.25, -0.2) is 0 Å². The zero-order valence-electron chi connectivity index (χ0n) is 10.8. The van der Waals surface area contributed by atoms with Crippen LogP contribution in [0.1, 0.15) is 40.5 Å². The van der Waals surface area contributed by atoms with Crippen LogP contribution in [0.15, 0.2) is 34.9 Å². The highest BCUT2D eigenvalue weighted by Crippen LogP contribution is 2.14. The number of hydrogen-bond acceptors (Lipinski definition) is 1. The molecule has 0 radical (unpaired) electrons. The fourth-order valence-electron chi connectivity index (χ4n) is 1.51. The van der Waals surface area contributed by atoms with Crippen molar-refractivity contribution in [2.75, 3.05) is 13.7 Å². The van der Waals surface area contributed by atoms with E-state index < -0.39 is 0 Å². The molecule has 0 aromatic rings. The summed E-state index contributed by atoms with van der Waals surface area (Å²) in [6.45, 7) is 9.30. The van der Waals surface area contributed by atoms with Crippen LogP contribution in [-0.4, -0.2) is 13.7 Å². The van der Waals surface area contributed by atoms with Gasteiger partial charge in [-0.3, -0.25) is 0 Å². The highest BCUT2D eigenvalue weighted by atomic mass is 16.5. The first kappa shape index (κ1) is 14.2.